The molecule has 2 nitrogen and oxygen atoms in total. The number of hydrogen-bond donors (Lipinski definition) is 0. The van der Waals surface area contributed by atoms with Crippen LogP contribution in [0, 0.1) is 5.41 Å². The summed E-state index contributed by atoms with van der Waals surface area (Å²) in [5, 5.41) is 0. The first-order chi connectivity index (χ1) is 11.2. The average Bonchev–Trinajstić information content (AvgIpc) is 3.00. The van der Waals surface area contributed by atoms with Crippen LogP contribution in [0.1, 0.15) is 39.7 Å². The fraction of sp³-hybridized carbons (Fsp3) is 0.476. The van der Waals surface area contributed by atoms with Crippen LogP contribution in [0.25, 0.3) is 0 Å². The number of benzene rings is 1. The molecule has 2 aliphatic heterocycles. The second kappa shape index (κ2) is 7.03. The highest BCUT2D eigenvalue weighted by atomic mass is 79.9. The van der Waals surface area contributed by atoms with Crippen LogP contribution >= 0.6 is 15.9 Å². The number of amidine groups is 1. The minimum Gasteiger partial charge on any atom is -1.00 e. The molecule has 0 N–H and O–H groups in total. The molecule has 1 unspecified atom stereocenters. The lowest BCUT2D eigenvalue weighted by Gasteiger charge is -2.37. The van der Waals surface area contributed by atoms with Gasteiger partial charge >= 0.3 is 0 Å². The maximum Gasteiger partial charge on any atom is 0.264 e. The monoisotopic (exact) mass is 466 g/mol. The van der Waals surface area contributed by atoms with Crippen molar-refractivity contribution < 1.29 is 21.6 Å². The normalized spacial score (nSPS) is 21.6. The van der Waals surface area contributed by atoms with Crippen LogP contribution < -0.4 is 21.9 Å². The first kappa shape index (κ1) is 20.4. The molecule has 0 bridgehead atoms. The van der Waals surface area contributed by atoms with Gasteiger partial charge in [-0.3, -0.25) is 4.58 Å². The molecule has 3 rings (SSSR count). The van der Waals surface area contributed by atoms with Crippen molar-refractivity contribution in [2.24, 2.45) is 5.41 Å². The highest BCUT2D eigenvalue weighted by Crippen LogP contribution is 2.56. The first-order valence-electron chi connectivity index (χ1n) is 8.67. The maximum absolute atomic E-state index is 4.18. The van der Waals surface area contributed by atoms with Crippen LogP contribution in [0.15, 0.2) is 47.0 Å². The summed E-state index contributed by atoms with van der Waals surface area (Å²) in [6.45, 7) is 15.2. The fourth-order valence-corrected chi connectivity index (χ4v) is 4.71. The van der Waals surface area contributed by atoms with E-state index in [0.29, 0.717) is 0 Å². The molecule has 0 spiro atoms. The minimum absolute atomic E-state index is 0. The maximum atomic E-state index is 4.18. The SMILES string of the molecule is C=CC(C)(C)C12CC[N+](C)=C1N(CC=C(C)C)c1cc(Br)ccc12.[Br-]. The van der Waals surface area contributed by atoms with Crippen molar-refractivity contribution in [3.8, 4) is 0 Å². The molecule has 136 valence electrons. The molecule has 1 atom stereocenters. The lowest BCUT2D eigenvalue weighted by Crippen LogP contribution is -3.00. The van der Waals surface area contributed by atoms with Gasteiger partial charge in [0.15, 0.2) is 0 Å². The molecule has 2 heterocycles. The Morgan fingerprint density at radius 3 is 2.68 bits per heavy atom. The van der Waals surface area contributed by atoms with Crippen molar-refractivity contribution in [3.63, 3.8) is 0 Å². The average molecular weight is 468 g/mol. The molecule has 0 aliphatic carbocycles. The van der Waals surface area contributed by atoms with E-state index in [1.54, 1.807) is 0 Å². The molecular weight excluding hydrogens is 440 g/mol. The van der Waals surface area contributed by atoms with E-state index in [2.05, 4.69) is 97.1 Å². The molecule has 2 aliphatic rings. The van der Waals surface area contributed by atoms with Crippen molar-refractivity contribution in [1.29, 1.82) is 0 Å². The van der Waals surface area contributed by atoms with Gasteiger partial charge in [0.05, 0.1) is 13.6 Å². The lowest BCUT2D eigenvalue weighted by molar-refractivity contribution is -0.489. The van der Waals surface area contributed by atoms with Crippen molar-refractivity contribution in [3.05, 3.63) is 52.5 Å². The molecule has 0 radical (unpaired) electrons. The molecule has 4 heteroatoms. The van der Waals surface area contributed by atoms with Gasteiger partial charge in [0.1, 0.15) is 17.6 Å². The zero-order valence-electron chi connectivity index (χ0n) is 15.9. The predicted molar refractivity (Wildman–Crippen MR) is 107 cm³/mol. The van der Waals surface area contributed by atoms with Gasteiger partial charge in [0, 0.05) is 21.9 Å². The van der Waals surface area contributed by atoms with Crippen molar-refractivity contribution >= 4 is 27.5 Å². The number of rotatable bonds is 4. The Morgan fingerprint density at radius 2 is 2.08 bits per heavy atom. The molecule has 25 heavy (non-hydrogen) atoms. The molecule has 0 aromatic heterocycles. The van der Waals surface area contributed by atoms with E-state index in [4.69, 9.17) is 0 Å². The Balaban J connectivity index is 0.00000225. The Kier molecular flexibility index (Phi) is 5.75. The number of nitrogens with zero attached hydrogens (tertiary/aromatic N) is 2. The van der Waals surface area contributed by atoms with Crippen LogP contribution in [-0.4, -0.2) is 30.5 Å². The van der Waals surface area contributed by atoms with Gasteiger partial charge in [0.25, 0.3) is 5.84 Å². The third kappa shape index (κ3) is 2.95. The topological polar surface area (TPSA) is 6.25 Å². The Labute approximate surface area is 171 Å². The summed E-state index contributed by atoms with van der Waals surface area (Å²) in [5.41, 5.74) is 4.13. The van der Waals surface area contributed by atoms with Crippen molar-refractivity contribution in [1.82, 2.24) is 0 Å². The highest BCUT2D eigenvalue weighted by molar-refractivity contribution is 9.10. The zero-order valence-corrected chi connectivity index (χ0v) is 19.0. The van der Waals surface area contributed by atoms with Gasteiger partial charge in [-0.2, -0.15) is 0 Å². The number of hydrogen-bond acceptors (Lipinski definition) is 1. The summed E-state index contributed by atoms with van der Waals surface area (Å²) in [6.07, 6.45) is 5.60. The smallest absolute Gasteiger partial charge is 0.264 e. The lowest BCUT2D eigenvalue weighted by atomic mass is 9.61. The van der Waals surface area contributed by atoms with Crippen molar-refractivity contribution in [2.45, 2.75) is 39.5 Å². The standard InChI is InChI=1S/C21H28BrN2.BrH/c1-7-20(4,5)21-11-13-23(6)19(21)24(12-10-15(2)3)18-14-16(22)8-9-17(18)21;/h7-10,14H,1,11-13H2,2-6H3;1H/q+1;/p-1. The van der Waals surface area contributed by atoms with Crippen LogP contribution in [0.5, 0.6) is 0 Å². The molecule has 0 fully saturated rings. The largest absolute Gasteiger partial charge is 1.00 e. The van der Waals surface area contributed by atoms with E-state index in [9.17, 15) is 0 Å². The summed E-state index contributed by atoms with van der Waals surface area (Å²) in [6, 6.07) is 6.76. The van der Waals surface area contributed by atoms with Crippen LogP contribution in [-0.2, 0) is 5.41 Å². The van der Waals surface area contributed by atoms with E-state index >= 15 is 0 Å². The molecule has 1 aromatic rings. The zero-order chi connectivity index (χ0) is 17.7. The summed E-state index contributed by atoms with van der Waals surface area (Å²) in [5.74, 6) is 1.43. The van der Waals surface area contributed by atoms with Gasteiger partial charge < -0.3 is 17.0 Å². The number of allylic oxidation sites excluding steroid dienone is 2. The Bertz CT molecular complexity index is 757. The fourth-order valence-electron chi connectivity index (χ4n) is 4.36. The van der Waals surface area contributed by atoms with Gasteiger partial charge in [-0.15, -0.1) is 6.58 Å². The highest BCUT2D eigenvalue weighted by Gasteiger charge is 2.64. The number of anilines is 1. The second-order valence-electron chi connectivity index (χ2n) is 7.88. The van der Waals surface area contributed by atoms with Gasteiger partial charge in [-0.1, -0.05) is 47.5 Å². The number of fused-ring (bicyclic) bond motifs is 3. The Morgan fingerprint density at radius 1 is 1.40 bits per heavy atom. The summed E-state index contributed by atoms with van der Waals surface area (Å²) >= 11 is 3.67. The quantitative estimate of drug-likeness (QED) is 0.485. The van der Waals surface area contributed by atoms with Crippen LogP contribution in [0.2, 0.25) is 0 Å². The third-order valence-corrected chi connectivity index (χ3v) is 6.32. The number of halogens is 2. The Hall–Kier alpha value is -0.870. The van der Waals surface area contributed by atoms with Crippen LogP contribution in [0.3, 0.4) is 0 Å². The van der Waals surface area contributed by atoms with E-state index in [1.165, 1.54) is 22.7 Å². The molecule has 0 saturated carbocycles. The van der Waals surface area contributed by atoms with Gasteiger partial charge in [-0.25, -0.2) is 4.90 Å². The van der Waals surface area contributed by atoms with Gasteiger partial charge in [0.2, 0.25) is 0 Å². The molecular formula is C21H28Br2N2. The summed E-state index contributed by atoms with van der Waals surface area (Å²) in [4.78, 5) is 2.51. The summed E-state index contributed by atoms with van der Waals surface area (Å²) < 4.78 is 3.58. The van der Waals surface area contributed by atoms with Gasteiger partial charge in [-0.05, 0) is 32.1 Å². The minimum atomic E-state index is -0.00457. The van der Waals surface area contributed by atoms with Crippen molar-refractivity contribution in [2.75, 3.05) is 25.0 Å². The molecule has 0 saturated heterocycles. The van der Waals surface area contributed by atoms with Crippen LogP contribution in [0.4, 0.5) is 5.69 Å². The second-order valence-corrected chi connectivity index (χ2v) is 8.80. The first-order valence-corrected chi connectivity index (χ1v) is 9.47. The summed E-state index contributed by atoms with van der Waals surface area (Å²) in [7, 11) is 2.23. The third-order valence-electron chi connectivity index (χ3n) is 5.82. The predicted octanol–water partition coefficient (Wildman–Crippen LogP) is 2.13. The molecule has 0 amide bonds. The van der Waals surface area contributed by atoms with E-state index in [0.717, 1.165) is 24.0 Å². The van der Waals surface area contributed by atoms with E-state index in [-0.39, 0.29) is 27.8 Å². The molecule has 1 aromatic carbocycles. The van der Waals surface area contributed by atoms with E-state index < -0.39 is 0 Å². The van der Waals surface area contributed by atoms with E-state index in [1.807, 2.05) is 0 Å².